The fraction of sp³-hybridized carbons (Fsp3) is 0.227. The van der Waals surface area contributed by atoms with Crippen molar-refractivity contribution in [2.75, 3.05) is 12.4 Å². The molecule has 2 amide bonds. The normalized spacial score (nSPS) is 19.0. The van der Waals surface area contributed by atoms with E-state index in [0.29, 0.717) is 17.1 Å². The van der Waals surface area contributed by atoms with E-state index >= 15 is 0 Å². The van der Waals surface area contributed by atoms with Crippen LogP contribution in [0.3, 0.4) is 0 Å². The molecule has 170 valence electrons. The maximum Gasteiger partial charge on any atom is 0.355 e. The molecule has 2 aromatic rings. The number of nitro groups is 1. The van der Waals surface area contributed by atoms with Gasteiger partial charge in [0.15, 0.2) is 6.61 Å². The fourth-order valence-corrected chi connectivity index (χ4v) is 4.54. The van der Waals surface area contributed by atoms with Crippen molar-refractivity contribution in [2.24, 2.45) is 0 Å². The number of rotatable bonds is 8. The molecule has 1 saturated heterocycles. The molecule has 11 heteroatoms. The number of fused-ring (bicyclic) bond motifs is 1. The van der Waals surface area contributed by atoms with Gasteiger partial charge < -0.3 is 14.8 Å². The summed E-state index contributed by atoms with van der Waals surface area (Å²) in [4.78, 5) is 48.9. The standard InChI is InChI=1S/C22H19N3O7S/c26-18(13-31-16-4-2-1-3-5-16)23-19-20(27)24-17(10-11-33-21(19)24)22(28)32-12-14-6-8-15(9-7-14)25(29)30/h1-10,19,21H,11-13H2,(H,23,26)/t19-,21+/m0/s1. The number of thioether (sulfide) groups is 1. The highest BCUT2D eigenvalue weighted by atomic mass is 32.2. The van der Waals surface area contributed by atoms with Crippen LogP contribution in [0.25, 0.3) is 0 Å². The summed E-state index contributed by atoms with van der Waals surface area (Å²) < 4.78 is 10.7. The van der Waals surface area contributed by atoms with Crippen LogP contribution in [0.1, 0.15) is 5.56 Å². The molecular formula is C22H19N3O7S. The molecule has 1 fully saturated rings. The monoisotopic (exact) mass is 469 g/mol. The number of carbonyl (C=O) groups excluding carboxylic acids is 3. The summed E-state index contributed by atoms with van der Waals surface area (Å²) in [6.45, 7) is -0.323. The van der Waals surface area contributed by atoms with Gasteiger partial charge >= 0.3 is 5.97 Å². The average Bonchev–Trinajstić information content (AvgIpc) is 2.84. The Bertz CT molecular complexity index is 1100. The molecule has 4 rings (SSSR count). The Morgan fingerprint density at radius 3 is 2.58 bits per heavy atom. The Hall–Kier alpha value is -3.86. The van der Waals surface area contributed by atoms with Crippen molar-refractivity contribution >= 4 is 35.2 Å². The Morgan fingerprint density at radius 2 is 1.88 bits per heavy atom. The van der Waals surface area contributed by atoms with Crippen LogP contribution in [0, 0.1) is 10.1 Å². The lowest BCUT2D eigenvalue weighted by Crippen LogP contribution is -2.70. The van der Waals surface area contributed by atoms with Crippen molar-refractivity contribution in [2.45, 2.75) is 18.0 Å². The molecule has 2 aliphatic rings. The van der Waals surface area contributed by atoms with Crippen LogP contribution < -0.4 is 10.1 Å². The second-order valence-corrected chi connectivity index (χ2v) is 8.32. The zero-order valence-electron chi connectivity index (χ0n) is 17.2. The van der Waals surface area contributed by atoms with Crippen molar-refractivity contribution in [3.8, 4) is 5.75 Å². The number of benzene rings is 2. The maximum absolute atomic E-state index is 12.6. The van der Waals surface area contributed by atoms with Crippen molar-refractivity contribution < 1.29 is 28.8 Å². The summed E-state index contributed by atoms with van der Waals surface area (Å²) in [6.07, 6.45) is 1.60. The smallest absolute Gasteiger partial charge is 0.355 e. The highest BCUT2D eigenvalue weighted by Crippen LogP contribution is 2.37. The molecule has 0 unspecified atom stereocenters. The summed E-state index contributed by atoms with van der Waals surface area (Å²) in [5.74, 6) is -0.497. The number of nitro benzene ring substituents is 1. The first-order chi connectivity index (χ1) is 15.9. The first kappa shape index (κ1) is 22.3. The number of ether oxygens (including phenoxy) is 2. The third kappa shape index (κ3) is 4.98. The van der Waals surface area contributed by atoms with Crippen LogP contribution in [-0.2, 0) is 25.7 Å². The molecular weight excluding hydrogens is 450 g/mol. The first-order valence-corrected chi connectivity index (χ1v) is 11.0. The number of carbonyl (C=O) groups is 3. The van der Waals surface area contributed by atoms with Crippen LogP contribution in [0.15, 0.2) is 66.4 Å². The third-order valence-corrected chi connectivity index (χ3v) is 6.19. The first-order valence-electron chi connectivity index (χ1n) is 9.96. The van der Waals surface area contributed by atoms with E-state index in [1.165, 1.54) is 40.9 Å². The Labute approximate surface area is 192 Å². The predicted molar refractivity (Wildman–Crippen MR) is 118 cm³/mol. The Kier molecular flexibility index (Phi) is 6.59. The van der Waals surface area contributed by atoms with E-state index in [1.807, 2.05) is 6.07 Å². The highest BCUT2D eigenvalue weighted by Gasteiger charge is 2.53. The van der Waals surface area contributed by atoms with Crippen molar-refractivity contribution in [3.05, 3.63) is 82.0 Å². The molecule has 1 N–H and O–H groups in total. The van der Waals surface area contributed by atoms with Crippen LogP contribution in [0.5, 0.6) is 5.75 Å². The van der Waals surface area contributed by atoms with Crippen LogP contribution in [0.2, 0.25) is 0 Å². The van der Waals surface area contributed by atoms with Gasteiger partial charge in [-0.1, -0.05) is 18.2 Å². The maximum atomic E-state index is 12.6. The minimum atomic E-state index is -0.756. The SMILES string of the molecule is O=C(COc1ccccc1)N[C@H]1C(=O)N2C(C(=O)OCc3ccc([N+](=O)[O-])cc3)=CCS[C@H]12. The van der Waals surface area contributed by atoms with E-state index in [0.717, 1.165) is 0 Å². The van der Waals surface area contributed by atoms with Crippen LogP contribution in [-0.4, -0.2) is 51.4 Å². The lowest BCUT2D eigenvalue weighted by Gasteiger charge is -2.48. The van der Waals surface area contributed by atoms with E-state index in [1.54, 1.807) is 30.3 Å². The number of para-hydroxylation sites is 1. The van der Waals surface area contributed by atoms with Crippen molar-refractivity contribution in [3.63, 3.8) is 0 Å². The topological polar surface area (TPSA) is 128 Å². The fourth-order valence-electron chi connectivity index (χ4n) is 3.35. The predicted octanol–water partition coefficient (Wildman–Crippen LogP) is 2.00. The third-order valence-electron chi connectivity index (χ3n) is 5.00. The molecule has 0 saturated carbocycles. The summed E-state index contributed by atoms with van der Waals surface area (Å²) in [6, 6.07) is 13.7. The quantitative estimate of drug-likeness (QED) is 0.269. The Balaban J connectivity index is 1.29. The van der Waals surface area contributed by atoms with Gasteiger partial charge in [0.25, 0.3) is 17.5 Å². The van der Waals surface area contributed by atoms with E-state index in [2.05, 4.69) is 5.32 Å². The number of non-ortho nitro benzene ring substituents is 1. The van der Waals surface area contributed by atoms with E-state index < -0.39 is 34.1 Å². The van der Waals surface area contributed by atoms with Gasteiger partial charge in [-0.15, -0.1) is 11.8 Å². The zero-order chi connectivity index (χ0) is 23.4. The minimum absolute atomic E-state index is 0.0617. The largest absolute Gasteiger partial charge is 0.484 e. The molecule has 2 aliphatic heterocycles. The molecule has 0 spiro atoms. The number of amides is 2. The number of β-lactam (4-membered cyclic amide) rings is 1. The summed E-state index contributed by atoms with van der Waals surface area (Å²) in [7, 11) is 0. The van der Waals surface area contributed by atoms with Gasteiger partial charge in [-0.3, -0.25) is 24.6 Å². The molecule has 0 aromatic heterocycles. The second kappa shape index (κ2) is 9.74. The highest BCUT2D eigenvalue weighted by molar-refractivity contribution is 8.00. The van der Waals surface area contributed by atoms with Gasteiger partial charge in [0.05, 0.1) is 4.92 Å². The van der Waals surface area contributed by atoms with Gasteiger partial charge in [-0.05, 0) is 35.9 Å². The molecule has 2 aromatic carbocycles. The number of esters is 1. The van der Waals surface area contributed by atoms with E-state index in [9.17, 15) is 24.5 Å². The van der Waals surface area contributed by atoms with E-state index in [-0.39, 0.29) is 24.6 Å². The summed E-state index contributed by atoms with van der Waals surface area (Å²) in [5.41, 5.74) is 0.639. The molecule has 10 nitrogen and oxygen atoms in total. The molecule has 33 heavy (non-hydrogen) atoms. The number of nitrogens with one attached hydrogen (secondary N) is 1. The van der Waals surface area contributed by atoms with Gasteiger partial charge in [0, 0.05) is 17.9 Å². The van der Waals surface area contributed by atoms with Gasteiger partial charge in [-0.25, -0.2) is 4.79 Å². The molecule has 0 radical (unpaired) electrons. The summed E-state index contributed by atoms with van der Waals surface area (Å²) >= 11 is 1.42. The molecule has 0 bridgehead atoms. The lowest BCUT2D eigenvalue weighted by molar-refractivity contribution is -0.384. The minimum Gasteiger partial charge on any atom is -0.484 e. The van der Waals surface area contributed by atoms with Gasteiger partial charge in [0.1, 0.15) is 29.5 Å². The van der Waals surface area contributed by atoms with Crippen LogP contribution >= 0.6 is 11.8 Å². The Morgan fingerprint density at radius 1 is 1.15 bits per heavy atom. The lowest BCUT2D eigenvalue weighted by atomic mass is 10.1. The number of hydrogen-bond donors (Lipinski definition) is 1. The van der Waals surface area contributed by atoms with Crippen molar-refractivity contribution in [1.82, 2.24) is 10.2 Å². The van der Waals surface area contributed by atoms with Crippen molar-refractivity contribution in [1.29, 1.82) is 0 Å². The molecule has 0 aliphatic carbocycles. The number of nitrogens with zero attached hydrogens (tertiary/aromatic N) is 2. The van der Waals surface area contributed by atoms with Crippen LogP contribution in [0.4, 0.5) is 5.69 Å². The second-order valence-electron chi connectivity index (χ2n) is 7.17. The van der Waals surface area contributed by atoms with Gasteiger partial charge in [-0.2, -0.15) is 0 Å². The molecule has 2 heterocycles. The van der Waals surface area contributed by atoms with Gasteiger partial charge in [0.2, 0.25) is 0 Å². The molecule has 2 atom stereocenters. The average molecular weight is 469 g/mol. The zero-order valence-corrected chi connectivity index (χ0v) is 18.0. The number of hydrogen-bond acceptors (Lipinski definition) is 8. The summed E-state index contributed by atoms with van der Waals surface area (Å²) in [5, 5.41) is 13.0. The van der Waals surface area contributed by atoms with E-state index in [4.69, 9.17) is 9.47 Å².